The van der Waals surface area contributed by atoms with Gasteiger partial charge in [0.05, 0.1) is 12.8 Å². The van der Waals surface area contributed by atoms with E-state index in [0.29, 0.717) is 12.8 Å². The fourth-order valence-corrected chi connectivity index (χ4v) is 6.06. The average molecular weight is 705 g/mol. The van der Waals surface area contributed by atoms with Crippen molar-refractivity contribution in [3.05, 3.63) is 0 Å². The van der Waals surface area contributed by atoms with Gasteiger partial charge in [-0.15, -0.1) is 0 Å². The van der Waals surface area contributed by atoms with Crippen molar-refractivity contribution in [2.24, 2.45) is 0 Å². The fourth-order valence-electron chi connectivity index (χ4n) is 6.06. The van der Waals surface area contributed by atoms with Crippen LogP contribution in [0.4, 0.5) is 0 Å². The van der Waals surface area contributed by atoms with Gasteiger partial charge in [0.25, 0.3) is 0 Å². The summed E-state index contributed by atoms with van der Waals surface area (Å²) in [5.41, 5.74) is 0. The van der Waals surface area contributed by atoms with Crippen molar-refractivity contribution >= 4 is 11.9 Å². The van der Waals surface area contributed by atoms with Gasteiger partial charge in [-0.25, -0.2) is 19.3 Å². The third-order valence-electron chi connectivity index (χ3n) is 8.86. The van der Waals surface area contributed by atoms with E-state index in [9.17, 15) is 9.59 Å². The minimum atomic E-state index is -0.477. The van der Waals surface area contributed by atoms with E-state index in [4.69, 9.17) is 9.68 Å². The molecular weight excluding hydrogens is 626 g/mol. The van der Waals surface area contributed by atoms with Crippen molar-refractivity contribution < 1.29 is 41.1 Å². The Morgan fingerprint density at radius 1 is 0.356 bits per heavy atom. The van der Waals surface area contributed by atoms with Crippen molar-refractivity contribution in [3.8, 4) is 0 Å². The number of nitrogens with zero attached hydrogens (tertiary/aromatic N) is 1. The highest BCUT2D eigenvalue weighted by Gasteiger charge is 2.27. The highest BCUT2D eigenvalue weighted by Crippen LogP contribution is 2.16. The molecule has 0 aliphatic heterocycles. The molecule has 0 rings (SSSR count). The van der Waals surface area contributed by atoms with E-state index >= 15 is 0 Å². The number of hydrogen-bond acceptors (Lipinski definition) is 4. The van der Waals surface area contributed by atoms with Gasteiger partial charge in [0.15, 0.2) is 14.1 Å². The summed E-state index contributed by atoms with van der Waals surface area (Å²) in [4.78, 5) is 34.9. The minimum absolute atomic E-state index is 0. The molecule has 6 heteroatoms. The molecule has 0 aromatic carbocycles. The first kappa shape index (κ1) is 46.5. The molecule has 5 nitrogen and oxygen atoms in total. The summed E-state index contributed by atoms with van der Waals surface area (Å²) >= 11 is 0. The molecule has 0 unspecified atom stereocenters. The number of quaternary nitrogens is 1. The number of hydrogen-bond donors (Lipinski definition) is 0. The maximum atomic E-state index is 12.3. The van der Waals surface area contributed by atoms with E-state index in [-0.39, 0.29) is 28.9 Å². The van der Waals surface area contributed by atoms with Crippen LogP contribution in [0, 0.1) is 0 Å². The lowest BCUT2D eigenvalue weighted by molar-refractivity contribution is -1.20. The van der Waals surface area contributed by atoms with Crippen molar-refractivity contribution in [2.45, 2.75) is 226 Å². The van der Waals surface area contributed by atoms with Gasteiger partial charge in [-0.3, -0.25) is 0 Å². The second kappa shape index (κ2) is 36.2. The Hall–Kier alpha value is -0.620. The van der Waals surface area contributed by atoms with Crippen LogP contribution >= 0.6 is 0 Å². The van der Waals surface area contributed by atoms with Gasteiger partial charge < -0.3 is 17.0 Å². The summed E-state index contributed by atoms with van der Waals surface area (Å²) in [5.74, 6) is -0.583. The summed E-state index contributed by atoms with van der Waals surface area (Å²) in [6, 6.07) is 0. The van der Waals surface area contributed by atoms with Crippen LogP contribution in [0.3, 0.4) is 0 Å². The van der Waals surface area contributed by atoms with Crippen LogP contribution in [0.5, 0.6) is 0 Å². The molecule has 45 heavy (non-hydrogen) atoms. The predicted molar refractivity (Wildman–Crippen MR) is 188 cm³/mol. The molecule has 0 saturated heterocycles. The number of hydroxylamine groups is 4. The van der Waals surface area contributed by atoms with Gasteiger partial charge in [-0.1, -0.05) is 200 Å². The van der Waals surface area contributed by atoms with Crippen molar-refractivity contribution in [2.75, 3.05) is 14.1 Å². The van der Waals surface area contributed by atoms with Gasteiger partial charge in [-0.2, -0.15) is 0 Å². The number of carbonyl (C=O) groups excluding carboxylic acids is 2. The van der Waals surface area contributed by atoms with Crippen LogP contribution in [0.15, 0.2) is 0 Å². The van der Waals surface area contributed by atoms with Crippen LogP contribution in [-0.4, -0.2) is 30.8 Å². The molecule has 0 N–H and O–H groups in total. The van der Waals surface area contributed by atoms with Crippen LogP contribution in [0.1, 0.15) is 226 Å². The molecule has 0 aliphatic carbocycles. The molecule has 0 radical (unpaired) electrons. The Balaban J connectivity index is 0. The Morgan fingerprint density at radius 2 is 0.533 bits per heavy atom. The number of unbranched alkanes of at least 4 members (excludes halogenated alkanes) is 29. The van der Waals surface area contributed by atoms with Crippen molar-refractivity contribution in [1.82, 2.24) is 0 Å². The van der Waals surface area contributed by atoms with E-state index in [0.717, 1.165) is 25.7 Å². The molecule has 0 fully saturated rings. The molecule has 0 heterocycles. The topological polar surface area (TPSA) is 52.6 Å². The number of halogens is 1. The first-order valence-corrected chi connectivity index (χ1v) is 19.7. The van der Waals surface area contributed by atoms with Crippen molar-refractivity contribution in [3.63, 3.8) is 0 Å². The Labute approximate surface area is 292 Å². The Bertz CT molecular complexity index is 628. The highest BCUT2D eigenvalue weighted by atomic mass is 79.9. The molecule has 0 spiro atoms. The van der Waals surface area contributed by atoms with Crippen LogP contribution in [-0.2, 0) is 19.3 Å². The molecule has 0 aliphatic rings. The molecular formula is C39H78BrNO4. The lowest BCUT2D eigenvalue weighted by atomic mass is 10.0. The highest BCUT2D eigenvalue weighted by molar-refractivity contribution is 5.69. The van der Waals surface area contributed by atoms with Crippen LogP contribution in [0.25, 0.3) is 0 Å². The lowest BCUT2D eigenvalue weighted by Crippen LogP contribution is -3.00. The van der Waals surface area contributed by atoms with Crippen LogP contribution in [0.2, 0.25) is 0 Å². The number of carbonyl (C=O) groups is 2. The van der Waals surface area contributed by atoms with Gasteiger partial charge in [0, 0.05) is 4.81 Å². The summed E-state index contributed by atoms with van der Waals surface area (Å²) < 4.78 is 0. The van der Waals surface area contributed by atoms with E-state index in [2.05, 4.69) is 13.8 Å². The first-order valence-electron chi connectivity index (χ1n) is 19.7. The maximum absolute atomic E-state index is 12.3. The van der Waals surface area contributed by atoms with Crippen molar-refractivity contribution in [1.29, 1.82) is 0 Å². The standard InChI is InChI=1S/C39H78NO4.BrH/c1-5-7-9-11-13-15-17-19-21-23-25-27-29-31-33-35-37-39(42)44-40(3,4)43-38(41)36-34-32-30-28-26-24-22-20-18-16-14-12-10-8-6-2;/h5-37H2,1-4H3;1H/q+1;/p-1. The van der Waals surface area contributed by atoms with Crippen LogP contribution < -0.4 is 17.0 Å². The zero-order valence-corrected chi connectivity index (χ0v) is 32.4. The normalized spacial score (nSPS) is 11.4. The maximum Gasteiger partial charge on any atom is 0.372 e. The summed E-state index contributed by atoms with van der Waals surface area (Å²) in [6.07, 6.45) is 41.3. The van der Waals surface area contributed by atoms with E-state index in [1.165, 1.54) is 173 Å². The third-order valence-corrected chi connectivity index (χ3v) is 8.86. The largest absolute Gasteiger partial charge is 1.00 e. The minimum Gasteiger partial charge on any atom is -1.00 e. The zero-order valence-electron chi connectivity index (χ0n) is 30.8. The third kappa shape index (κ3) is 37.7. The predicted octanol–water partition coefficient (Wildman–Crippen LogP) is 9.90. The zero-order chi connectivity index (χ0) is 32.4. The monoisotopic (exact) mass is 704 g/mol. The van der Waals surface area contributed by atoms with Gasteiger partial charge in [-0.05, 0) is 12.8 Å². The van der Waals surface area contributed by atoms with Gasteiger partial charge >= 0.3 is 11.9 Å². The molecule has 0 bridgehead atoms. The Kier molecular flexibility index (Phi) is 37.4. The Morgan fingerprint density at radius 3 is 0.733 bits per heavy atom. The average Bonchev–Trinajstić information content (AvgIpc) is 2.98. The molecule has 0 aromatic rings. The molecule has 270 valence electrons. The summed E-state index contributed by atoms with van der Waals surface area (Å²) in [5, 5.41) is 0. The van der Waals surface area contributed by atoms with Gasteiger partial charge in [0.2, 0.25) is 0 Å². The molecule has 0 amide bonds. The lowest BCUT2D eigenvalue weighted by Gasteiger charge is -2.22. The second-order valence-electron chi connectivity index (χ2n) is 13.9. The van der Waals surface area contributed by atoms with E-state index in [1.807, 2.05) is 0 Å². The second-order valence-corrected chi connectivity index (χ2v) is 13.9. The SMILES string of the molecule is CCCCCCCCCCCCCCCCCCC(=O)O[N+](C)(C)OC(=O)CCCCCCCCCCCCCCCCC.[Br-]. The van der Waals surface area contributed by atoms with E-state index < -0.39 is 4.81 Å². The number of rotatable bonds is 35. The summed E-state index contributed by atoms with van der Waals surface area (Å²) in [6.45, 7) is 4.55. The first-order chi connectivity index (χ1) is 21.4. The fraction of sp³-hybridized carbons (Fsp3) is 0.949. The van der Waals surface area contributed by atoms with Gasteiger partial charge in [0.1, 0.15) is 0 Å². The summed E-state index contributed by atoms with van der Waals surface area (Å²) in [7, 11) is 3.21. The van der Waals surface area contributed by atoms with E-state index in [1.54, 1.807) is 14.1 Å². The molecule has 0 atom stereocenters. The molecule has 0 saturated carbocycles. The quantitative estimate of drug-likeness (QED) is 0.0375. The smallest absolute Gasteiger partial charge is 0.372 e. The molecule has 0 aromatic heterocycles.